The number of nitrogens with one attached hydrogen (secondary N) is 1. The van der Waals surface area contributed by atoms with Gasteiger partial charge in [0.15, 0.2) is 0 Å². The third-order valence-corrected chi connectivity index (χ3v) is 6.30. The van der Waals surface area contributed by atoms with Crippen LogP contribution in [-0.4, -0.2) is 62.8 Å². The molecule has 1 saturated heterocycles. The molecule has 1 heterocycles. The maximum absolute atomic E-state index is 12.6. The van der Waals surface area contributed by atoms with Gasteiger partial charge in [-0.05, 0) is 18.2 Å². The van der Waals surface area contributed by atoms with Crippen LogP contribution < -0.4 is 5.32 Å². The van der Waals surface area contributed by atoms with E-state index in [1.165, 1.54) is 22.5 Å². The Morgan fingerprint density at radius 3 is 2.46 bits per heavy atom. The van der Waals surface area contributed by atoms with Crippen LogP contribution in [0.4, 0.5) is 0 Å². The summed E-state index contributed by atoms with van der Waals surface area (Å²) in [4.78, 5) is 13.7. The Kier molecular flexibility index (Phi) is 6.65. The second-order valence-electron chi connectivity index (χ2n) is 5.35. The third kappa shape index (κ3) is 4.70. The summed E-state index contributed by atoms with van der Waals surface area (Å²) in [5, 5.41) is 3.22. The SMILES string of the molecule is C=CCNC(=O)CN1CCN(S(=O)(=O)c2ccc(Cl)c(Cl)c2)CC1. The number of carbonyl (C=O) groups excluding carboxylic acids is 1. The highest BCUT2D eigenvalue weighted by Gasteiger charge is 2.29. The molecule has 132 valence electrons. The molecule has 1 amide bonds. The van der Waals surface area contributed by atoms with Crippen molar-refractivity contribution in [2.24, 2.45) is 0 Å². The standard InChI is InChI=1S/C15H19Cl2N3O3S/c1-2-5-18-15(21)11-19-6-8-20(9-7-19)24(22,23)12-3-4-13(16)14(17)10-12/h2-4,10H,1,5-9,11H2,(H,18,21). The molecule has 6 nitrogen and oxygen atoms in total. The van der Waals surface area contributed by atoms with Crippen LogP contribution in [0, 0.1) is 0 Å². The van der Waals surface area contributed by atoms with E-state index < -0.39 is 10.0 Å². The Labute approximate surface area is 152 Å². The second kappa shape index (κ2) is 8.31. The Hall–Kier alpha value is -1.12. The van der Waals surface area contributed by atoms with Gasteiger partial charge >= 0.3 is 0 Å². The highest BCUT2D eigenvalue weighted by atomic mass is 35.5. The van der Waals surface area contributed by atoms with Gasteiger partial charge in [0.05, 0.1) is 21.5 Å². The first kappa shape index (κ1) is 19.2. The van der Waals surface area contributed by atoms with Crippen molar-refractivity contribution in [2.45, 2.75) is 4.90 Å². The molecular weight excluding hydrogens is 373 g/mol. The average Bonchev–Trinajstić information content (AvgIpc) is 2.56. The minimum Gasteiger partial charge on any atom is -0.352 e. The van der Waals surface area contributed by atoms with Crippen molar-refractivity contribution < 1.29 is 13.2 Å². The lowest BCUT2D eigenvalue weighted by Gasteiger charge is -2.33. The van der Waals surface area contributed by atoms with Crippen LogP contribution in [-0.2, 0) is 14.8 Å². The number of carbonyl (C=O) groups is 1. The van der Waals surface area contributed by atoms with Crippen LogP contribution in [0.15, 0.2) is 35.7 Å². The molecule has 0 spiro atoms. The molecule has 0 aliphatic carbocycles. The molecule has 0 saturated carbocycles. The fourth-order valence-corrected chi connectivity index (χ4v) is 4.17. The maximum atomic E-state index is 12.6. The summed E-state index contributed by atoms with van der Waals surface area (Å²) in [6.07, 6.45) is 1.61. The molecule has 1 fully saturated rings. The monoisotopic (exact) mass is 391 g/mol. The Bertz CT molecular complexity index is 717. The number of amides is 1. The van der Waals surface area contributed by atoms with E-state index >= 15 is 0 Å². The zero-order valence-corrected chi connectivity index (χ0v) is 15.4. The number of hydrogen-bond donors (Lipinski definition) is 1. The molecule has 1 aliphatic heterocycles. The third-order valence-electron chi connectivity index (χ3n) is 3.67. The summed E-state index contributed by atoms with van der Waals surface area (Å²) >= 11 is 11.7. The van der Waals surface area contributed by atoms with E-state index in [1.54, 1.807) is 6.08 Å². The second-order valence-corrected chi connectivity index (χ2v) is 8.10. The van der Waals surface area contributed by atoms with Gasteiger partial charge in [-0.25, -0.2) is 8.42 Å². The fourth-order valence-electron chi connectivity index (χ4n) is 2.36. The minimum absolute atomic E-state index is 0.101. The largest absolute Gasteiger partial charge is 0.352 e. The van der Waals surface area contributed by atoms with Gasteiger partial charge in [0.2, 0.25) is 15.9 Å². The van der Waals surface area contributed by atoms with Gasteiger partial charge in [-0.3, -0.25) is 9.69 Å². The number of piperazine rings is 1. The van der Waals surface area contributed by atoms with Crippen molar-refractivity contribution >= 4 is 39.1 Å². The molecule has 1 aliphatic rings. The molecule has 0 radical (unpaired) electrons. The molecule has 0 unspecified atom stereocenters. The molecule has 0 atom stereocenters. The lowest BCUT2D eigenvalue weighted by atomic mass is 10.3. The summed E-state index contributed by atoms with van der Waals surface area (Å²) in [5.41, 5.74) is 0. The summed E-state index contributed by atoms with van der Waals surface area (Å²) in [7, 11) is -3.62. The molecule has 2 rings (SSSR count). The smallest absolute Gasteiger partial charge is 0.243 e. The first-order valence-corrected chi connectivity index (χ1v) is 9.59. The van der Waals surface area contributed by atoms with Crippen molar-refractivity contribution in [1.82, 2.24) is 14.5 Å². The lowest BCUT2D eigenvalue weighted by molar-refractivity contribution is -0.122. The normalized spacial score (nSPS) is 16.8. The molecule has 0 aromatic heterocycles. The van der Waals surface area contributed by atoms with Crippen molar-refractivity contribution in [3.63, 3.8) is 0 Å². The quantitative estimate of drug-likeness (QED) is 0.747. The number of sulfonamides is 1. The van der Waals surface area contributed by atoms with E-state index in [2.05, 4.69) is 11.9 Å². The van der Waals surface area contributed by atoms with Gasteiger partial charge in [-0.1, -0.05) is 29.3 Å². The van der Waals surface area contributed by atoms with Crippen LogP contribution in [0.1, 0.15) is 0 Å². The van der Waals surface area contributed by atoms with Crippen LogP contribution >= 0.6 is 23.2 Å². The van der Waals surface area contributed by atoms with E-state index in [9.17, 15) is 13.2 Å². The lowest BCUT2D eigenvalue weighted by Crippen LogP contribution is -2.51. The van der Waals surface area contributed by atoms with E-state index in [-0.39, 0.29) is 22.4 Å². The van der Waals surface area contributed by atoms with E-state index in [1.807, 2.05) is 4.90 Å². The van der Waals surface area contributed by atoms with Crippen molar-refractivity contribution in [3.05, 3.63) is 40.9 Å². The predicted octanol–water partition coefficient (Wildman–Crippen LogP) is 1.60. The van der Waals surface area contributed by atoms with E-state index in [4.69, 9.17) is 23.2 Å². The number of rotatable bonds is 6. The van der Waals surface area contributed by atoms with E-state index in [0.717, 1.165) is 0 Å². The van der Waals surface area contributed by atoms with Crippen molar-refractivity contribution in [3.8, 4) is 0 Å². The summed E-state index contributed by atoms with van der Waals surface area (Å²) in [5.74, 6) is -0.101. The van der Waals surface area contributed by atoms with Crippen LogP contribution in [0.3, 0.4) is 0 Å². The Morgan fingerprint density at radius 2 is 1.88 bits per heavy atom. The molecular formula is C15H19Cl2N3O3S. The minimum atomic E-state index is -3.62. The number of nitrogens with zero attached hydrogens (tertiary/aromatic N) is 2. The topological polar surface area (TPSA) is 69.7 Å². The zero-order chi connectivity index (χ0) is 17.7. The number of hydrogen-bond acceptors (Lipinski definition) is 4. The Balaban J connectivity index is 1.96. The first-order valence-electron chi connectivity index (χ1n) is 7.39. The van der Waals surface area contributed by atoms with Crippen LogP contribution in [0.25, 0.3) is 0 Å². The van der Waals surface area contributed by atoms with Crippen LogP contribution in [0.5, 0.6) is 0 Å². The zero-order valence-electron chi connectivity index (χ0n) is 13.0. The van der Waals surface area contributed by atoms with Gasteiger partial charge in [0, 0.05) is 32.7 Å². The Morgan fingerprint density at radius 1 is 1.21 bits per heavy atom. The predicted molar refractivity (Wildman–Crippen MR) is 94.9 cm³/mol. The fraction of sp³-hybridized carbons (Fsp3) is 0.400. The first-order chi connectivity index (χ1) is 11.3. The highest BCUT2D eigenvalue weighted by molar-refractivity contribution is 7.89. The van der Waals surface area contributed by atoms with Crippen molar-refractivity contribution in [2.75, 3.05) is 39.3 Å². The van der Waals surface area contributed by atoms with E-state index in [0.29, 0.717) is 37.7 Å². The molecule has 1 aromatic carbocycles. The molecule has 1 N–H and O–H groups in total. The number of halogens is 2. The van der Waals surface area contributed by atoms with Gasteiger partial charge in [-0.2, -0.15) is 4.31 Å². The van der Waals surface area contributed by atoms with Crippen molar-refractivity contribution in [1.29, 1.82) is 0 Å². The van der Waals surface area contributed by atoms with Gasteiger partial charge < -0.3 is 5.32 Å². The molecule has 24 heavy (non-hydrogen) atoms. The number of benzene rings is 1. The highest BCUT2D eigenvalue weighted by Crippen LogP contribution is 2.26. The maximum Gasteiger partial charge on any atom is 0.243 e. The van der Waals surface area contributed by atoms with Gasteiger partial charge in [0.1, 0.15) is 0 Å². The van der Waals surface area contributed by atoms with Gasteiger partial charge in [0.25, 0.3) is 0 Å². The average molecular weight is 392 g/mol. The summed E-state index contributed by atoms with van der Waals surface area (Å²) < 4.78 is 26.7. The van der Waals surface area contributed by atoms with Crippen LogP contribution in [0.2, 0.25) is 10.0 Å². The van der Waals surface area contributed by atoms with Gasteiger partial charge in [-0.15, -0.1) is 6.58 Å². The summed E-state index contributed by atoms with van der Waals surface area (Å²) in [6.45, 7) is 5.81. The molecule has 1 aromatic rings. The molecule has 9 heteroatoms. The summed E-state index contributed by atoms with van der Waals surface area (Å²) in [6, 6.07) is 4.27. The molecule has 0 bridgehead atoms.